The predicted molar refractivity (Wildman–Crippen MR) is 58.8 cm³/mol. The number of hydrogen-bond donors (Lipinski definition) is 2. The number of carbonyl (C=O) groups is 2. The third-order valence-corrected chi connectivity index (χ3v) is 1.60. The van der Waals surface area contributed by atoms with Crippen molar-refractivity contribution in [1.29, 1.82) is 0 Å². The highest BCUT2D eigenvalue weighted by Gasteiger charge is 1.97. The molecule has 4 nitrogen and oxygen atoms in total. The molecule has 0 saturated heterocycles. The SMILES string of the molecule is C=CC(=O)O.CC(C)CCCCC(=O)O. The molecule has 0 spiro atoms. The van der Waals surface area contributed by atoms with E-state index in [1.54, 1.807) is 0 Å². The van der Waals surface area contributed by atoms with Gasteiger partial charge in [0, 0.05) is 12.5 Å². The molecule has 2 N–H and O–H groups in total. The summed E-state index contributed by atoms with van der Waals surface area (Å²) < 4.78 is 0. The van der Waals surface area contributed by atoms with Crippen LogP contribution in [-0.4, -0.2) is 22.2 Å². The number of aliphatic carboxylic acids is 2. The summed E-state index contributed by atoms with van der Waals surface area (Å²) in [6, 6.07) is 0. The van der Waals surface area contributed by atoms with Crippen LogP contribution in [0.1, 0.15) is 39.5 Å². The first-order chi connectivity index (χ1) is 6.90. The molecule has 0 aliphatic rings. The van der Waals surface area contributed by atoms with Gasteiger partial charge in [-0.2, -0.15) is 0 Å². The molecule has 0 saturated carbocycles. The minimum absolute atomic E-state index is 0.326. The lowest BCUT2D eigenvalue weighted by Crippen LogP contribution is -1.94. The number of rotatable bonds is 6. The number of carboxylic acids is 2. The van der Waals surface area contributed by atoms with Crippen LogP contribution < -0.4 is 0 Å². The van der Waals surface area contributed by atoms with Gasteiger partial charge in [-0.05, 0) is 12.3 Å². The van der Waals surface area contributed by atoms with Crippen molar-refractivity contribution in [3.8, 4) is 0 Å². The Morgan fingerprint density at radius 2 is 1.73 bits per heavy atom. The molecule has 0 amide bonds. The molecular formula is C11H20O4. The summed E-state index contributed by atoms with van der Waals surface area (Å²) in [6.45, 7) is 7.27. The molecule has 0 aromatic carbocycles. The Hall–Kier alpha value is -1.32. The van der Waals surface area contributed by atoms with Gasteiger partial charge >= 0.3 is 11.9 Å². The molecule has 0 aromatic rings. The Morgan fingerprint density at radius 1 is 1.27 bits per heavy atom. The molecule has 0 bridgehead atoms. The summed E-state index contributed by atoms with van der Waals surface area (Å²) in [4.78, 5) is 19.3. The number of carboxylic acid groups (broad SMARTS) is 2. The molecule has 4 heteroatoms. The minimum atomic E-state index is -0.981. The van der Waals surface area contributed by atoms with Crippen LogP contribution in [0.4, 0.5) is 0 Å². The van der Waals surface area contributed by atoms with Crippen LogP contribution in [0.25, 0.3) is 0 Å². The van der Waals surface area contributed by atoms with Gasteiger partial charge in [0.1, 0.15) is 0 Å². The first-order valence-corrected chi connectivity index (χ1v) is 4.97. The molecule has 0 aromatic heterocycles. The fourth-order valence-electron chi connectivity index (χ4n) is 0.829. The average Bonchev–Trinajstić information content (AvgIpc) is 2.13. The van der Waals surface area contributed by atoms with Gasteiger partial charge < -0.3 is 10.2 Å². The largest absolute Gasteiger partial charge is 0.481 e. The first kappa shape index (κ1) is 16.1. The van der Waals surface area contributed by atoms with E-state index in [0.717, 1.165) is 25.3 Å². The fraction of sp³-hybridized carbons (Fsp3) is 0.636. The van der Waals surface area contributed by atoms with Crippen LogP contribution in [0.3, 0.4) is 0 Å². The topological polar surface area (TPSA) is 74.6 Å². The lowest BCUT2D eigenvalue weighted by Gasteiger charge is -2.01. The molecule has 0 aliphatic carbocycles. The van der Waals surface area contributed by atoms with E-state index in [1.807, 2.05) is 0 Å². The van der Waals surface area contributed by atoms with Crippen LogP contribution in [0.2, 0.25) is 0 Å². The van der Waals surface area contributed by atoms with Gasteiger partial charge in [0.25, 0.3) is 0 Å². The lowest BCUT2D eigenvalue weighted by atomic mass is 10.1. The molecule has 0 radical (unpaired) electrons. The quantitative estimate of drug-likeness (QED) is 0.528. The van der Waals surface area contributed by atoms with Gasteiger partial charge in [-0.25, -0.2) is 4.79 Å². The van der Waals surface area contributed by atoms with Crippen molar-refractivity contribution in [3.05, 3.63) is 12.7 Å². The molecular weight excluding hydrogens is 196 g/mol. The highest BCUT2D eigenvalue weighted by molar-refractivity contribution is 5.78. The standard InChI is InChI=1S/C8H16O2.C3H4O2/c1-7(2)5-3-4-6-8(9)10;1-2-3(4)5/h7H,3-6H2,1-2H3,(H,9,10);2H,1H2,(H,4,5). The van der Waals surface area contributed by atoms with Crippen molar-refractivity contribution in [1.82, 2.24) is 0 Å². The zero-order valence-corrected chi connectivity index (χ0v) is 9.40. The maximum atomic E-state index is 10.0. The Bertz CT molecular complexity index is 197. The zero-order valence-electron chi connectivity index (χ0n) is 9.40. The zero-order chi connectivity index (χ0) is 12.3. The number of hydrogen-bond acceptors (Lipinski definition) is 2. The second-order valence-electron chi connectivity index (χ2n) is 3.58. The van der Waals surface area contributed by atoms with Gasteiger partial charge in [0.2, 0.25) is 0 Å². The second-order valence-corrected chi connectivity index (χ2v) is 3.58. The first-order valence-electron chi connectivity index (χ1n) is 4.97. The molecule has 0 fully saturated rings. The van der Waals surface area contributed by atoms with Crippen molar-refractivity contribution in [2.45, 2.75) is 39.5 Å². The molecule has 0 rings (SSSR count). The van der Waals surface area contributed by atoms with E-state index in [1.165, 1.54) is 0 Å². The summed E-state index contributed by atoms with van der Waals surface area (Å²) >= 11 is 0. The summed E-state index contributed by atoms with van der Waals surface area (Å²) in [6.07, 6.45) is 4.18. The van der Waals surface area contributed by atoms with Crippen molar-refractivity contribution >= 4 is 11.9 Å². The Morgan fingerprint density at radius 3 is 2.00 bits per heavy atom. The molecule has 0 aliphatic heterocycles. The van der Waals surface area contributed by atoms with E-state index in [-0.39, 0.29) is 0 Å². The summed E-state index contributed by atoms with van der Waals surface area (Å²) in [5.41, 5.74) is 0. The van der Waals surface area contributed by atoms with Crippen LogP contribution in [0.5, 0.6) is 0 Å². The molecule has 15 heavy (non-hydrogen) atoms. The van der Waals surface area contributed by atoms with E-state index >= 15 is 0 Å². The van der Waals surface area contributed by atoms with Gasteiger partial charge in [-0.1, -0.05) is 33.3 Å². The summed E-state index contributed by atoms with van der Waals surface area (Å²) in [7, 11) is 0. The Labute approximate surface area is 90.6 Å². The maximum absolute atomic E-state index is 10.0. The lowest BCUT2D eigenvalue weighted by molar-refractivity contribution is -0.137. The second kappa shape index (κ2) is 10.8. The van der Waals surface area contributed by atoms with Crippen molar-refractivity contribution < 1.29 is 19.8 Å². The monoisotopic (exact) mass is 216 g/mol. The van der Waals surface area contributed by atoms with Crippen molar-refractivity contribution in [2.75, 3.05) is 0 Å². The maximum Gasteiger partial charge on any atom is 0.327 e. The summed E-state index contributed by atoms with van der Waals surface area (Å²) in [5, 5.41) is 15.9. The fourth-order valence-corrected chi connectivity index (χ4v) is 0.829. The van der Waals surface area contributed by atoms with E-state index in [4.69, 9.17) is 10.2 Å². The third-order valence-electron chi connectivity index (χ3n) is 1.60. The third kappa shape index (κ3) is 24.5. The van der Waals surface area contributed by atoms with Gasteiger partial charge in [-0.3, -0.25) is 4.79 Å². The Balaban J connectivity index is 0. The van der Waals surface area contributed by atoms with Gasteiger partial charge in [0.15, 0.2) is 0 Å². The molecule has 0 unspecified atom stereocenters. The van der Waals surface area contributed by atoms with Crippen LogP contribution in [0.15, 0.2) is 12.7 Å². The highest BCUT2D eigenvalue weighted by atomic mass is 16.4. The molecule has 0 heterocycles. The summed E-state index contributed by atoms with van der Waals surface area (Å²) in [5.74, 6) is -0.956. The van der Waals surface area contributed by atoms with Crippen molar-refractivity contribution in [3.63, 3.8) is 0 Å². The van der Waals surface area contributed by atoms with Gasteiger partial charge in [-0.15, -0.1) is 0 Å². The van der Waals surface area contributed by atoms with Gasteiger partial charge in [0.05, 0.1) is 0 Å². The normalized spacial score (nSPS) is 9.00. The van der Waals surface area contributed by atoms with Crippen LogP contribution in [0, 0.1) is 5.92 Å². The van der Waals surface area contributed by atoms with Crippen LogP contribution in [-0.2, 0) is 9.59 Å². The van der Waals surface area contributed by atoms with E-state index < -0.39 is 11.9 Å². The molecule has 0 atom stereocenters. The highest BCUT2D eigenvalue weighted by Crippen LogP contribution is 2.07. The van der Waals surface area contributed by atoms with Crippen molar-refractivity contribution in [2.24, 2.45) is 5.92 Å². The Kier molecular flexibility index (Phi) is 11.6. The smallest absolute Gasteiger partial charge is 0.327 e. The average molecular weight is 216 g/mol. The van der Waals surface area contributed by atoms with Crippen LogP contribution >= 0.6 is 0 Å². The van der Waals surface area contributed by atoms with E-state index in [0.29, 0.717) is 12.3 Å². The minimum Gasteiger partial charge on any atom is -0.481 e. The molecule has 88 valence electrons. The predicted octanol–water partition coefficient (Wildman–Crippen LogP) is 2.54. The number of unbranched alkanes of at least 4 members (excludes halogenated alkanes) is 1. The van der Waals surface area contributed by atoms with E-state index in [9.17, 15) is 9.59 Å². The van der Waals surface area contributed by atoms with E-state index in [2.05, 4.69) is 20.4 Å².